The predicted octanol–water partition coefficient (Wildman–Crippen LogP) is 1.85. The number of anilines is 1. The molecule has 112 valence electrons. The lowest BCUT2D eigenvalue weighted by Crippen LogP contribution is -2.32. The number of hydrogen-bond donors (Lipinski definition) is 2. The minimum Gasteiger partial charge on any atom is -0.374 e. The second kappa shape index (κ2) is 8.71. The topological polar surface area (TPSA) is 76.1 Å². The molecule has 0 unspecified atom stereocenters. The Bertz CT molecular complexity index is 440. The van der Waals surface area contributed by atoms with E-state index >= 15 is 0 Å². The van der Waals surface area contributed by atoms with Crippen LogP contribution in [-0.2, 0) is 16.1 Å². The molecule has 1 aromatic rings. The summed E-state index contributed by atoms with van der Waals surface area (Å²) < 4.78 is 5.23. The van der Waals surface area contributed by atoms with Crippen molar-refractivity contribution in [2.75, 3.05) is 25.0 Å². The van der Waals surface area contributed by atoms with Crippen LogP contribution in [0, 0.1) is 5.92 Å². The summed E-state index contributed by atoms with van der Waals surface area (Å²) in [6.45, 7) is 7.65. The van der Waals surface area contributed by atoms with Crippen molar-refractivity contribution in [2.24, 2.45) is 5.92 Å². The Morgan fingerprint density at radius 3 is 2.85 bits per heavy atom. The molecule has 2 N–H and O–H groups in total. The van der Waals surface area contributed by atoms with Crippen molar-refractivity contribution >= 4 is 23.3 Å². The van der Waals surface area contributed by atoms with E-state index in [9.17, 15) is 4.79 Å². The molecule has 1 amide bonds. The molecule has 1 aromatic heterocycles. The van der Waals surface area contributed by atoms with Gasteiger partial charge in [-0.25, -0.2) is 9.97 Å². The van der Waals surface area contributed by atoms with Crippen molar-refractivity contribution in [1.29, 1.82) is 0 Å². The number of ether oxygens (including phenoxy) is 1. The van der Waals surface area contributed by atoms with Gasteiger partial charge in [0.15, 0.2) is 5.82 Å². The Kier molecular flexibility index (Phi) is 7.25. The van der Waals surface area contributed by atoms with E-state index in [1.54, 1.807) is 6.07 Å². The van der Waals surface area contributed by atoms with Crippen LogP contribution in [0.1, 0.15) is 26.6 Å². The minimum absolute atomic E-state index is 0.0835. The molecule has 6 nitrogen and oxygen atoms in total. The smallest absolute Gasteiger partial charge is 0.239 e. The fourth-order valence-corrected chi connectivity index (χ4v) is 1.57. The van der Waals surface area contributed by atoms with Crippen molar-refractivity contribution in [3.8, 4) is 0 Å². The van der Waals surface area contributed by atoms with Gasteiger partial charge in [0, 0.05) is 19.2 Å². The van der Waals surface area contributed by atoms with Gasteiger partial charge in [-0.05, 0) is 12.8 Å². The van der Waals surface area contributed by atoms with Crippen molar-refractivity contribution < 1.29 is 9.53 Å². The van der Waals surface area contributed by atoms with E-state index < -0.39 is 0 Å². The van der Waals surface area contributed by atoms with Crippen LogP contribution < -0.4 is 10.6 Å². The normalized spacial score (nSPS) is 10.7. The Morgan fingerprint density at radius 2 is 2.20 bits per heavy atom. The Balaban J connectivity index is 2.50. The third-order valence-electron chi connectivity index (χ3n) is 2.31. The molecule has 0 bridgehead atoms. The summed E-state index contributed by atoms with van der Waals surface area (Å²) in [5, 5.41) is 6.06. The van der Waals surface area contributed by atoms with Crippen LogP contribution in [0.25, 0.3) is 0 Å². The standard InChI is InChI=1S/C13H21ClN4O2/c1-4-20-8-12-17-10(14)5-11(18-12)15-7-13(19)16-6-9(2)3/h5,9H,4,6-8H2,1-3H3,(H,16,19)(H,15,17,18). The van der Waals surface area contributed by atoms with E-state index in [2.05, 4.69) is 20.6 Å². The van der Waals surface area contributed by atoms with Gasteiger partial charge in [0.05, 0.1) is 6.54 Å². The molecule has 0 saturated carbocycles. The fourth-order valence-electron chi connectivity index (χ4n) is 1.36. The zero-order valence-electron chi connectivity index (χ0n) is 12.1. The van der Waals surface area contributed by atoms with Crippen LogP contribution in [-0.4, -0.2) is 35.6 Å². The molecular formula is C13H21ClN4O2. The number of aromatic nitrogens is 2. The lowest BCUT2D eigenvalue weighted by atomic mass is 10.2. The Labute approximate surface area is 124 Å². The first-order valence-electron chi connectivity index (χ1n) is 6.63. The zero-order valence-corrected chi connectivity index (χ0v) is 12.8. The molecule has 0 fully saturated rings. The number of carbonyl (C=O) groups excluding carboxylic acids is 1. The molecule has 20 heavy (non-hydrogen) atoms. The van der Waals surface area contributed by atoms with Crippen molar-refractivity contribution in [3.63, 3.8) is 0 Å². The third-order valence-corrected chi connectivity index (χ3v) is 2.51. The highest BCUT2D eigenvalue weighted by Gasteiger charge is 2.06. The SMILES string of the molecule is CCOCc1nc(Cl)cc(NCC(=O)NCC(C)C)n1. The summed E-state index contributed by atoms with van der Waals surface area (Å²) >= 11 is 5.90. The van der Waals surface area contributed by atoms with Crippen LogP contribution in [0.5, 0.6) is 0 Å². The highest BCUT2D eigenvalue weighted by Crippen LogP contribution is 2.11. The monoisotopic (exact) mass is 300 g/mol. The van der Waals surface area contributed by atoms with Gasteiger partial charge in [0.1, 0.15) is 17.6 Å². The lowest BCUT2D eigenvalue weighted by Gasteiger charge is -2.10. The first-order chi connectivity index (χ1) is 9.51. The van der Waals surface area contributed by atoms with Gasteiger partial charge in [-0.3, -0.25) is 4.79 Å². The van der Waals surface area contributed by atoms with Crippen molar-refractivity contribution in [3.05, 3.63) is 17.0 Å². The largest absolute Gasteiger partial charge is 0.374 e. The molecule has 0 aliphatic carbocycles. The zero-order chi connectivity index (χ0) is 15.0. The minimum atomic E-state index is -0.0835. The van der Waals surface area contributed by atoms with Gasteiger partial charge in [0.2, 0.25) is 5.91 Å². The van der Waals surface area contributed by atoms with Gasteiger partial charge >= 0.3 is 0 Å². The maximum Gasteiger partial charge on any atom is 0.239 e. The lowest BCUT2D eigenvalue weighted by molar-refractivity contribution is -0.119. The van der Waals surface area contributed by atoms with Crippen molar-refractivity contribution in [1.82, 2.24) is 15.3 Å². The molecule has 0 radical (unpaired) electrons. The summed E-state index contributed by atoms with van der Waals surface area (Å²) in [4.78, 5) is 19.9. The van der Waals surface area contributed by atoms with Crippen LogP contribution in [0.4, 0.5) is 5.82 Å². The molecule has 0 saturated heterocycles. The van der Waals surface area contributed by atoms with Gasteiger partial charge in [-0.1, -0.05) is 25.4 Å². The summed E-state index contributed by atoms with van der Waals surface area (Å²) in [5.74, 6) is 1.34. The number of carbonyl (C=O) groups is 1. The van der Waals surface area contributed by atoms with E-state index in [0.29, 0.717) is 42.5 Å². The molecule has 0 aliphatic heterocycles. The van der Waals surface area contributed by atoms with Gasteiger partial charge in [-0.15, -0.1) is 0 Å². The van der Waals surface area contributed by atoms with Crippen LogP contribution >= 0.6 is 11.6 Å². The van der Waals surface area contributed by atoms with Gasteiger partial charge in [-0.2, -0.15) is 0 Å². The van der Waals surface area contributed by atoms with E-state index in [4.69, 9.17) is 16.3 Å². The maximum absolute atomic E-state index is 11.6. The third kappa shape index (κ3) is 6.68. The number of halogens is 1. The van der Waals surface area contributed by atoms with Gasteiger partial charge < -0.3 is 15.4 Å². The van der Waals surface area contributed by atoms with Crippen molar-refractivity contribution in [2.45, 2.75) is 27.4 Å². The molecule has 0 atom stereocenters. The highest BCUT2D eigenvalue weighted by molar-refractivity contribution is 6.29. The average Bonchev–Trinajstić information content (AvgIpc) is 2.40. The quantitative estimate of drug-likeness (QED) is 0.717. The second-order valence-electron chi connectivity index (χ2n) is 4.68. The fraction of sp³-hybridized carbons (Fsp3) is 0.615. The van der Waals surface area contributed by atoms with E-state index in [1.165, 1.54) is 0 Å². The maximum atomic E-state index is 11.6. The molecule has 1 heterocycles. The first kappa shape index (κ1) is 16.7. The number of rotatable bonds is 8. The molecule has 0 aliphatic rings. The second-order valence-corrected chi connectivity index (χ2v) is 5.07. The molecule has 0 aromatic carbocycles. The Hall–Kier alpha value is -1.40. The number of nitrogens with one attached hydrogen (secondary N) is 2. The Morgan fingerprint density at radius 1 is 1.45 bits per heavy atom. The molecule has 1 rings (SSSR count). The van der Waals surface area contributed by atoms with Crippen LogP contribution in [0.3, 0.4) is 0 Å². The first-order valence-corrected chi connectivity index (χ1v) is 7.00. The number of hydrogen-bond acceptors (Lipinski definition) is 5. The predicted molar refractivity (Wildman–Crippen MR) is 78.7 cm³/mol. The highest BCUT2D eigenvalue weighted by atomic mass is 35.5. The molecule has 0 spiro atoms. The van der Waals surface area contributed by atoms with Crippen LogP contribution in [0.2, 0.25) is 5.15 Å². The van der Waals surface area contributed by atoms with E-state index in [0.717, 1.165) is 0 Å². The number of amides is 1. The summed E-state index contributed by atoms with van der Waals surface area (Å²) in [6, 6.07) is 1.58. The molecule has 7 heteroatoms. The van der Waals surface area contributed by atoms with E-state index in [1.807, 2.05) is 20.8 Å². The molecular weight excluding hydrogens is 280 g/mol. The summed E-state index contributed by atoms with van der Waals surface area (Å²) in [6.07, 6.45) is 0. The van der Waals surface area contributed by atoms with E-state index in [-0.39, 0.29) is 12.5 Å². The van der Waals surface area contributed by atoms with Gasteiger partial charge in [0.25, 0.3) is 0 Å². The summed E-state index contributed by atoms with van der Waals surface area (Å²) in [7, 11) is 0. The number of nitrogens with zero attached hydrogens (tertiary/aromatic N) is 2. The average molecular weight is 301 g/mol. The van der Waals surface area contributed by atoms with Crippen LogP contribution in [0.15, 0.2) is 6.07 Å². The summed E-state index contributed by atoms with van der Waals surface area (Å²) in [5.41, 5.74) is 0.